The van der Waals surface area contributed by atoms with Crippen LogP contribution in [0.1, 0.15) is 26.2 Å². The summed E-state index contributed by atoms with van der Waals surface area (Å²) in [5.74, 6) is -1.84. The molecule has 5 N–H and O–H groups in total. The van der Waals surface area contributed by atoms with Gasteiger partial charge in [-0.25, -0.2) is 4.98 Å². The molecule has 2 aromatic carbocycles. The van der Waals surface area contributed by atoms with E-state index >= 15 is 0 Å². The summed E-state index contributed by atoms with van der Waals surface area (Å²) in [5, 5.41) is 2.31. The van der Waals surface area contributed by atoms with E-state index in [2.05, 4.69) is 15.3 Å². The maximum absolute atomic E-state index is 8.68. The van der Waals surface area contributed by atoms with E-state index in [9.17, 15) is 0 Å². The molecule has 0 aliphatic carbocycles. The largest absolute Gasteiger partial charge is 0.493 e. The summed E-state index contributed by atoms with van der Waals surface area (Å²) in [6, 6.07) is 4.55. The number of nitrogens with zero attached hydrogens (tertiary/aromatic N) is 2. The van der Waals surface area contributed by atoms with Gasteiger partial charge in [-0.15, -0.1) is 0 Å². The zero-order valence-electron chi connectivity index (χ0n) is 25.1. The predicted octanol–water partition coefficient (Wildman–Crippen LogP) is 2.74. The van der Waals surface area contributed by atoms with Gasteiger partial charge in [0.25, 0.3) is 0 Å². The molecule has 27 heavy (non-hydrogen) atoms. The first-order valence-electron chi connectivity index (χ1n) is 13.0. The number of nitrogens with one attached hydrogen (secondary N) is 1. The van der Waals surface area contributed by atoms with Crippen LogP contribution < -0.4 is 31.0 Å². The van der Waals surface area contributed by atoms with Gasteiger partial charge < -0.3 is 31.0 Å². The van der Waals surface area contributed by atoms with E-state index in [0.29, 0.717) is 0 Å². The molecule has 0 fully saturated rings. The van der Waals surface area contributed by atoms with Crippen LogP contribution in [-0.4, -0.2) is 31.2 Å². The summed E-state index contributed by atoms with van der Waals surface area (Å²) < 4.78 is 101. The molecule has 0 saturated carbocycles. The summed E-state index contributed by atoms with van der Waals surface area (Å²) in [6.07, 6.45) is 0. The molecule has 0 aliphatic rings. The minimum absolute atomic E-state index is 0.0758. The Morgan fingerprint density at radius 3 is 2.48 bits per heavy atom. The smallest absolute Gasteiger partial charge is 0.222 e. The lowest BCUT2D eigenvalue weighted by Crippen LogP contribution is -2.06. The quantitative estimate of drug-likeness (QED) is 0.597. The highest BCUT2D eigenvalue weighted by Crippen LogP contribution is 2.40. The predicted molar refractivity (Wildman–Crippen MR) is 107 cm³/mol. The number of nitrogens with two attached hydrogens (primary N) is 2. The Kier molecular flexibility index (Phi) is 2.48. The summed E-state index contributed by atoms with van der Waals surface area (Å²) in [7, 11) is -4.86. The number of ether oxygens (including phenoxy) is 3. The van der Waals surface area contributed by atoms with Gasteiger partial charge in [-0.1, -0.05) is 6.07 Å². The van der Waals surface area contributed by atoms with Crippen molar-refractivity contribution in [3.05, 3.63) is 35.4 Å². The van der Waals surface area contributed by atoms with Gasteiger partial charge in [0, 0.05) is 33.8 Å². The Morgan fingerprint density at radius 2 is 1.85 bits per heavy atom. The van der Waals surface area contributed by atoms with Crippen LogP contribution in [0.15, 0.2) is 24.3 Å². The summed E-state index contributed by atoms with van der Waals surface area (Å²) >= 11 is 0. The van der Waals surface area contributed by atoms with Gasteiger partial charge in [-0.05, 0) is 24.0 Å². The molecule has 0 atom stereocenters. The lowest BCUT2D eigenvalue weighted by molar-refractivity contribution is 0.324. The van der Waals surface area contributed by atoms with Crippen molar-refractivity contribution in [2.45, 2.75) is 13.3 Å². The average Bonchev–Trinajstić information content (AvgIpc) is 2.69. The first-order valence-corrected chi connectivity index (χ1v) is 7.47. The fourth-order valence-corrected chi connectivity index (χ4v) is 2.52. The van der Waals surface area contributed by atoms with Crippen LogP contribution >= 0.6 is 0 Å². The van der Waals surface area contributed by atoms with Crippen molar-refractivity contribution in [3.63, 3.8) is 0 Å². The molecule has 1 aromatic heterocycles. The van der Waals surface area contributed by atoms with Crippen molar-refractivity contribution < 1.29 is 29.3 Å². The van der Waals surface area contributed by atoms with Crippen LogP contribution in [0.2, 0.25) is 0 Å². The Bertz CT molecular complexity index is 1320. The molecule has 1 heterocycles. The van der Waals surface area contributed by atoms with E-state index in [1.807, 2.05) is 0 Å². The Labute approximate surface area is 172 Å². The Morgan fingerprint density at radius 1 is 1.11 bits per heavy atom. The number of methoxy groups -OCH3 is 3. The van der Waals surface area contributed by atoms with E-state index in [0.717, 1.165) is 19.2 Å². The zero-order valence-corrected chi connectivity index (χ0v) is 14.1. The van der Waals surface area contributed by atoms with Crippen molar-refractivity contribution in [3.8, 4) is 17.2 Å². The van der Waals surface area contributed by atoms with E-state index < -0.39 is 44.5 Å². The van der Waals surface area contributed by atoms with E-state index in [-0.39, 0.29) is 39.7 Å². The number of nitrogen functional groups attached to an aromatic ring is 2. The normalized spacial score (nSPS) is 18.6. The molecule has 0 spiro atoms. The minimum Gasteiger partial charge on any atom is -0.493 e. The number of anilines is 3. The lowest BCUT2D eigenvalue weighted by atomic mass is 10.0. The topological polar surface area (TPSA) is 118 Å². The minimum atomic E-state index is -2.99. The molecular weight excluding hydrogens is 346 g/mol. The molecule has 8 heteroatoms. The van der Waals surface area contributed by atoms with Crippen molar-refractivity contribution in [1.82, 2.24) is 9.97 Å². The maximum Gasteiger partial charge on any atom is 0.222 e. The number of aryl methyl sites for hydroxylation is 1. The van der Waals surface area contributed by atoms with Crippen molar-refractivity contribution in [1.29, 1.82) is 0 Å². The highest BCUT2D eigenvalue weighted by molar-refractivity contribution is 5.92. The van der Waals surface area contributed by atoms with Gasteiger partial charge >= 0.3 is 0 Å². The number of rotatable bonds is 6. The second-order valence-electron chi connectivity index (χ2n) is 5.31. The molecule has 0 saturated heterocycles. The highest BCUT2D eigenvalue weighted by atomic mass is 16.5. The molecule has 0 aliphatic heterocycles. The van der Waals surface area contributed by atoms with Crippen LogP contribution in [0.4, 0.5) is 17.5 Å². The molecule has 0 amide bonds. The van der Waals surface area contributed by atoms with Crippen molar-refractivity contribution in [2.24, 2.45) is 0 Å². The van der Waals surface area contributed by atoms with E-state index in [1.165, 1.54) is 12.1 Å². The number of hydrogen-bond donors (Lipinski definition) is 3. The van der Waals surface area contributed by atoms with Crippen LogP contribution in [0.5, 0.6) is 17.2 Å². The first-order chi connectivity index (χ1) is 17.2. The third-order valence-electron chi connectivity index (χ3n) is 3.70. The van der Waals surface area contributed by atoms with Gasteiger partial charge in [0.05, 0.1) is 37.7 Å². The second kappa shape index (κ2) is 7.45. The maximum atomic E-state index is 8.68. The monoisotopic (exact) mass is 380 g/mol. The van der Waals surface area contributed by atoms with Gasteiger partial charge in [-0.2, -0.15) is 4.98 Å². The zero-order chi connectivity index (χ0) is 28.8. The van der Waals surface area contributed by atoms with Gasteiger partial charge in [0.1, 0.15) is 5.82 Å². The average molecular weight is 380 g/mol. The lowest BCUT2D eigenvalue weighted by Gasteiger charge is -2.16. The van der Waals surface area contributed by atoms with Crippen molar-refractivity contribution >= 4 is 28.4 Å². The molecular formula is C19H23N5O3. The Balaban J connectivity index is 2.22. The molecule has 0 radical (unpaired) electrons. The SMILES string of the molecule is [2H]C([2H])([2H])Oc1cc(NC([2H])([2H])c2ccc3nc(N)nc(N)c3c2C([2H])([2H])[2H])cc(OC([2H])([2H])[2H])c1OC. The fourth-order valence-electron chi connectivity index (χ4n) is 2.52. The first kappa shape index (κ1) is 8.98. The highest BCUT2D eigenvalue weighted by Gasteiger charge is 2.14. The molecule has 3 rings (SSSR count). The molecule has 0 unspecified atom stereocenters. The van der Waals surface area contributed by atoms with E-state index in [1.54, 1.807) is 0 Å². The molecule has 3 aromatic rings. The van der Waals surface area contributed by atoms with Crippen LogP contribution in [0.3, 0.4) is 0 Å². The van der Waals surface area contributed by atoms with Gasteiger partial charge in [-0.3, -0.25) is 0 Å². The number of aromatic nitrogens is 2. The van der Waals surface area contributed by atoms with E-state index in [4.69, 9.17) is 40.8 Å². The number of hydrogen-bond acceptors (Lipinski definition) is 8. The standard InChI is InChI=1S/C19H23N5O3/c1-10-11(5-6-13-16(10)18(20)24-19(21)23-13)9-22-12-7-14(25-2)17(27-4)15(8-12)26-3/h5-8,22H,9H2,1-4H3,(H4,20,21,23,24)/i1D3,2D3,3D3,9D2. The third-order valence-corrected chi connectivity index (χ3v) is 3.70. The van der Waals surface area contributed by atoms with Crippen LogP contribution in [-0.2, 0) is 6.50 Å². The summed E-state index contributed by atoms with van der Waals surface area (Å²) in [6.45, 7) is -5.56. The summed E-state index contributed by atoms with van der Waals surface area (Å²) in [5.41, 5.74) is 10.5. The van der Waals surface area contributed by atoms with Crippen molar-refractivity contribution in [2.75, 3.05) is 38.0 Å². The molecule has 142 valence electrons. The fraction of sp³-hybridized carbons (Fsp3) is 0.263. The van der Waals surface area contributed by atoms with Gasteiger partial charge in [0.2, 0.25) is 11.7 Å². The van der Waals surface area contributed by atoms with Gasteiger partial charge in [0.15, 0.2) is 11.5 Å². The molecule has 8 nitrogen and oxygen atoms in total. The Hall–Kier alpha value is -3.42. The second-order valence-corrected chi connectivity index (χ2v) is 5.31. The van der Waals surface area contributed by atoms with Crippen LogP contribution in [0.25, 0.3) is 10.9 Å². The number of fused-ring (bicyclic) bond motifs is 1. The number of benzene rings is 2. The summed E-state index contributed by atoms with van der Waals surface area (Å²) in [4.78, 5) is 7.76. The molecule has 0 bridgehead atoms. The third kappa shape index (κ3) is 3.46. The van der Waals surface area contributed by atoms with Crippen LogP contribution in [0, 0.1) is 6.85 Å².